The predicted octanol–water partition coefficient (Wildman–Crippen LogP) is 5.79. The van der Waals surface area contributed by atoms with E-state index in [-0.39, 0.29) is 18.3 Å². The number of nitrogens with zero attached hydrogens (tertiary/aromatic N) is 3. The molecule has 0 saturated heterocycles. The van der Waals surface area contributed by atoms with Crippen LogP contribution in [0.3, 0.4) is 0 Å². The van der Waals surface area contributed by atoms with Gasteiger partial charge in [0.05, 0.1) is 10.8 Å². The molecule has 33 heavy (non-hydrogen) atoms. The minimum absolute atomic E-state index is 0.0996. The van der Waals surface area contributed by atoms with Crippen LogP contribution in [-0.2, 0) is 17.8 Å². The van der Waals surface area contributed by atoms with Gasteiger partial charge in [-0.2, -0.15) is 0 Å². The summed E-state index contributed by atoms with van der Waals surface area (Å²) < 4.78 is 7.78. The third-order valence-electron chi connectivity index (χ3n) is 4.91. The monoisotopic (exact) mass is 478 g/mol. The third kappa shape index (κ3) is 5.74. The van der Waals surface area contributed by atoms with Crippen LogP contribution in [-0.4, -0.2) is 26.4 Å². The number of aryl methyl sites for hydroxylation is 1. The number of ether oxygens (including phenoxy) is 1. The van der Waals surface area contributed by atoms with Crippen molar-refractivity contribution in [2.45, 2.75) is 25.1 Å². The van der Waals surface area contributed by atoms with Crippen molar-refractivity contribution in [1.29, 1.82) is 0 Å². The quantitative estimate of drug-likeness (QED) is 0.308. The summed E-state index contributed by atoms with van der Waals surface area (Å²) in [6, 6.07) is 24.9. The predicted molar refractivity (Wildman–Crippen MR) is 132 cm³/mol. The van der Waals surface area contributed by atoms with E-state index in [0.29, 0.717) is 21.8 Å². The number of para-hydroxylation sites is 3. The molecule has 0 aliphatic carbocycles. The topological polar surface area (TPSA) is 69.0 Å². The van der Waals surface area contributed by atoms with Gasteiger partial charge in [-0.25, -0.2) is 0 Å². The summed E-state index contributed by atoms with van der Waals surface area (Å²) in [6.45, 7) is 2.25. The van der Waals surface area contributed by atoms with Crippen molar-refractivity contribution >= 4 is 35.0 Å². The molecular formula is C25H23ClN4O2S. The number of anilines is 1. The summed E-state index contributed by atoms with van der Waals surface area (Å²) in [5, 5.41) is 12.8. The molecular weight excluding hydrogens is 456 g/mol. The Morgan fingerprint density at radius 2 is 1.73 bits per heavy atom. The van der Waals surface area contributed by atoms with Gasteiger partial charge in [0.2, 0.25) is 5.91 Å². The average molecular weight is 479 g/mol. The maximum atomic E-state index is 12.6. The molecule has 0 radical (unpaired) electrons. The molecule has 1 aromatic heterocycles. The first-order valence-electron chi connectivity index (χ1n) is 10.5. The number of carbonyl (C=O) groups excluding carboxylic acids is 1. The minimum atomic E-state index is -0.0996. The van der Waals surface area contributed by atoms with Gasteiger partial charge in [-0.05, 0) is 42.3 Å². The van der Waals surface area contributed by atoms with Crippen LogP contribution in [0.15, 0.2) is 84.0 Å². The molecule has 8 heteroatoms. The van der Waals surface area contributed by atoms with Crippen LogP contribution in [0.2, 0.25) is 5.02 Å². The fraction of sp³-hybridized carbons (Fsp3) is 0.160. The second-order valence-electron chi connectivity index (χ2n) is 7.14. The van der Waals surface area contributed by atoms with Gasteiger partial charge in [0, 0.05) is 11.4 Å². The Morgan fingerprint density at radius 1 is 1.00 bits per heavy atom. The number of hydrogen-bond acceptors (Lipinski definition) is 5. The van der Waals surface area contributed by atoms with Gasteiger partial charge in [-0.3, -0.25) is 9.36 Å². The molecule has 0 fully saturated rings. The summed E-state index contributed by atoms with van der Waals surface area (Å²) in [5.41, 5.74) is 2.82. The normalized spacial score (nSPS) is 10.7. The number of amides is 1. The molecule has 0 atom stereocenters. The van der Waals surface area contributed by atoms with Crippen LogP contribution in [0.25, 0.3) is 5.69 Å². The SMILES string of the molecule is CCc1ccccc1NC(=O)CSc1nnc(COc2ccccc2Cl)n1-c1ccccc1. The lowest BCUT2D eigenvalue weighted by molar-refractivity contribution is -0.113. The Bertz CT molecular complexity index is 1230. The molecule has 0 saturated carbocycles. The van der Waals surface area contributed by atoms with E-state index < -0.39 is 0 Å². The zero-order valence-corrected chi connectivity index (χ0v) is 19.6. The van der Waals surface area contributed by atoms with Gasteiger partial charge < -0.3 is 10.1 Å². The van der Waals surface area contributed by atoms with Crippen LogP contribution in [0.1, 0.15) is 18.3 Å². The number of carbonyl (C=O) groups is 1. The number of hydrogen-bond donors (Lipinski definition) is 1. The molecule has 1 heterocycles. The van der Waals surface area contributed by atoms with Crippen LogP contribution in [0, 0.1) is 0 Å². The maximum Gasteiger partial charge on any atom is 0.234 e. The van der Waals surface area contributed by atoms with Crippen molar-refractivity contribution in [2.24, 2.45) is 0 Å². The first-order chi connectivity index (χ1) is 16.2. The summed E-state index contributed by atoms with van der Waals surface area (Å²) >= 11 is 7.53. The highest BCUT2D eigenvalue weighted by Crippen LogP contribution is 2.26. The van der Waals surface area contributed by atoms with Gasteiger partial charge in [0.1, 0.15) is 12.4 Å². The zero-order valence-electron chi connectivity index (χ0n) is 18.1. The van der Waals surface area contributed by atoms with Crippen LogP contribution in [0.5, 0.6) is 5.75 Å². The number of rotatable bonds is 9. The summed E-state index contributed by atoms with van der Waals surface area (Å²) in [7, 11) is 0. The molecule has 1 N–H and O–H groups in total. The number of nitrogens with one attached hydrogen (secondary N) is 1. The number of halogens is 1. The fourth-order valence-electron chi connectivity index (χ4n) is 3.29. The smallest absolute Gasteiger partial charge is 0.234 e. The molecule has 0 spiro atoms. The van der Waals surface area contributed by atoms with Gasteiger partial charge in [0.15, 0.2) is 11.0 Å². The molecule has 168 valence electrons. The molecule has 0 unspecified atom stereocenters. The highest BCUT2D eigenvalue weighted by molar-refractivity contribution is 7.99. The van der Waals surface area contributed by atoms with E-state index in [1.54, 1.807) is 12.1 Å². The lowest BCUT2D eigenvalue weighted by Gasteiger charge is -2.12. The van der Waals surface area contributed by atoms with Gasteiger partial charge in [-0.15, -0.1) is 10.2 Å². The first kappa shape index (κ1) is 22.9. The molecule has 0 aliphatic rings. The van der Waals surface area contributed by atoms with E-state index >= 15 is 0 Å². The van der Waals surface area contributed by atoms with Gasteiger partial charge in [-0.1, -0.05) is 78.8 Å². The van der Waals surface area contributed by atoms with E-state index in [2.05, 4.69) is 22.4 Å². The highest BCUT2D eigenvalue weighted by atomic mass is 35.5. The second kappa shape index (κ2) is 11.0. The maximum absolute atomic E-state index is 12.6. The number of benzene rings is 3. The largest absolute Gasteiger partial charge is 0.484 e. The number of thioether (sulfide) groups is 1. The second-order valence-corrected chi connectivity index (χ2v) is 8.49. The highest BCUT2D eigenvalue weighted by Gasteiger charge is 2.17. The van der Waals surface area contributed by atoms with Crippen molar-refractivity contribution in [3.05, 3.63) is 95.3 Å². The Hall–Kier alpha value is -3.29. The fourth-order valence-corrected chi connectivity index (χ4v) is 4.26. The van der Waals surface area contributed by atoms with E-state index in [4.69, 9.17) is 16.3 Å². The molecule has 6 nitrogen and oxygen atoms in total. The molecule has 4 aromatic rings. The van der Waals surface area contributed by atoms with E-state index in [9.17, 15) is 4.79 Å². The van der Waals surface area contributed by atoms with Crippen LogP contribution >= 0.6 is 23.4 Å². The molecule has 1 amide bonds. The summed E-state index contributed by atoms with van der Waals surface area (Å²) in [4.78, 5) is 12.6. The van der Waals surface area contributed by atoms with E-state index in [1.807, 2.05) is 71.3 Å². The number of aromatic nitrogens is 3. The molecule has 0 aliphatic heterocycles. The third-order valence-corrected chi connectivity index (χ3v) is 6.15. The van der Waals surface area contributed by atoms with Crippen molar-refractivity contribution in [3.63, 3.8) is 0 Å². The summed E-state index contributed by atoms with van der Waals surface area (Å²) in [5.74, 6) is 1.29. The molecule has 3 aromatic carbocycles. The zero-order chi connectivity index (χ0) is 23.0. The minimum Gasteiger partial charge on any atom is -0.484 e. The Labute approximate surface area is 202 Å². The van der Waals surface area contributed by atoms with Gasteiger partial charge in [0.25, 0.3) is 0 Å². The van der Waals surface area contributed by atoms with Gasteiger partial charge >= 0.3 is 0 Å². The standard InChI is InChI=1S/C25H23ClN4O2S/c1-2-18-10-6-8-14-21(18)27-24(31)17-33-25-29-28-23(30(25)19-11-4-3-5-12-19)16-32-22-15-9-7-13-20(22)26/h3-15H,2,16-17H2,1H3,(H,27,31). The van der Waals surface area contributed by atoms with E-state index in [0.717, 1.165) is 23.4 Å². The van der Waals surface area contributed by atoms with Crippen LogP contribution < -0.4 is 10.1 Å². The van der Waals surface area contributed by atoms with Crippen molar-refractivity contribution < 1.29 is 9.53 Å². The van der Waals surface area contributed by atoms with Crippen LogP contribution in [0.4, 0.5) is 5.69 Å². The summed E-state index contributed by atoms with van der Waals surface area (Å²) in [6.07, 6.45) is 0.848. The molecule has 4 rings (SSSR count). The van der Waals surface area contributed by atoms with E-state index in [1.165, 1.54) is 11.8 Å². The Morgan fingerprint density at radius 3 is 2.52 bits per heavy atom. The Kier molecular flexibility index (Phi) is 7.65. The van der Waals surface area contributed by atoms with Crippen molar-refractivity contribution in [2.75, 3.05) is 11.1 Å². The lowest BCUT2D eigenvalue weighted by Crippen LogP contribution is -2.16. The van der Waals surface area contributed by atoms with Crippen molar-refractivity contribution in [3.8, 4) is 11.4 Å². The first-order valence-corrected chi connectivity index (χ1v) is 11.9. The average Bonchev–Trinajstić information content (AvgIpc) is 3.26. The Balaban J connectivity index is 1.50. The molecule has 0 bridgehead atoms. The lowest BCUT2D eigenvalue weighted by atomic mass is 10.1. The van der Waals surface area contributed by atoms with Crippen molar-refractivity contribution in [1.82, 2.24) is 14.8 Å².